The summed E-state index contributed by atoms with van der Waals surface area (Å²) in [6, 6.07) is 5.36. The van der Waals surface area contributed by atoms with E-state index in [-0.39, 0.29) is 32.3 Å². The minimum atomic E-state index is -3.90. The van der Waals surface area contributed by atoms with Crippen LogP contribution in [0.1, 0.15) is 71.8 Å². The molecule has 0 bridgehead atoms. The average Bonchev–Trinajstić information content (AvgIpc) is 3.95. The number of hydrogen-bond donors (Lipinski definition) is 3. The molecule has 2 unspecified atom stereocenters. The number of carbonyl (C=O) groups excluding carboxylic acids is 4. The Kier molecular flexibility index (Phi) is 11.2. The standard InChI is InChI=1S/C34H46FN7O8S/c1-6-8-21-19-34(21,31(45)40-51(47,48)24-13-14-24)37-30(44)26-18-22(42-39-29(38-41-42)20-9-11-23(49-5)12-10-20)17-25(26)27(43)28(33(2,3)4)36-32(46)50-16-7-15-35/h6,9-12,21-22,24-26,28H,1,7-8,13-19H2,2-5H3,(H,36,46)(H,37,44)(H,40,45)/t21-,22+,25?,26-,28?,34+/m1/s1. The van der Waals surface area contributed by atoms with E-state index in [0.717, 1.165) is 0 Å². The van der Waals surface area contributed by atoms with Crippen LogP contribution in [0.25, 0.3) is 11.4 Å². The molecule has 1 aromatic heterocycles. The summed E-state index contributed by atoms with van der Waals surface area (Å²) in [5.41, 5.74) is -1.67. The van der Waals surface area contributed by atoms with Crippen molar-refractivity contribution in [3.05, 3.63) is 36.9 Å². The van der Waals surface area contributed by atoms with E-state index >= 15 is 0 Å². The van der Waals surface area contributed by atoms with Gasteiger partial charge < -0.3 is 20.1 Å². The van der Waals surface area contributed by atoms with Gasteiger partial charge in [-0.1, -0.05) is 26.8 Å². The number of ketones is 1. The molecule has 0 saturated heterocycles. The summed E-state index contributed by atoms with van der Waals surface area (Å²) in [7, 11) is -2.35. The van der Waals surface area contributed by atoms with E-state index in [1.165, 1.54) is 4.80 Å². The van der Waals surface area contributed by atoms with Crippen molar-refractivity contribution >= 4 is 33.7 Å². The first-order valence-electron chi connectivity index (χ1n) is 17.1. The number of sulfonamides is 1. The lowest BCUT2D eigenvalue weighted by Crippen LogP contribution is -2.56. The third-order valence-electron chi connectivity index (χ3n) is 9.77. The molecule has 2 aromatic rings. The fourth-order valence-corrected chi connectivity index (χ4v) is 8.01. The fraction of sp³-hybridized carbons (Fsp3) is 0.618. The number of hydrogen-bond acceptors (Lipinski definition) is 11. The lowest BCUT2D eigenvalue weighted by atomic mass is 9.77. The molecule has 1 aromatic carbocycles. The molecule has 3 amide bonds. The van der Waals surface area contributed by atoms with Crippen LogP contribution in [0.2, 0.25) is 0 Å². The monoisotopic (exact) mass is 731 g/mol. The molecule has 3 fully saturated rings. The van der Waals surface area contributed by atoms with Gasteiger partial charge in [-0.25, -0.2) is 13.2 Å². The van der Waals surface area contributed by atoms with Crippen molar-refractivity contribution in [3.8, 4) is 17.1 Å². The number of carbonyl (C=O) groups is 4. The molecule has 1 heterocycles. The van der Waals surface area contributed by atoms with E-state index in [4.69, 9.17) is 9.47 Å². The van der Waals surface area contributed by atoms with Gasteiger partial charge in [-0.2, -0.15) is 4.80 Å². The van der Waals surface area contributed by atoms with E-state index in [1.807, 2.05) is 0 Å². The Balaban J connectivity index is 1.43. The van der Waals surface area contributed by atoms with Gasteiger partial charge in [0.05, 0.1) is 37.7 Å². The molecule has 51 heavy (non-hydrogen) atoms. The van der Waals surface area contributed by atoms with Gasteiger partial charge in [0.1, 0.15) is 11.3 Å². The van der Waals surface area contributed by atoms with E-state index < -0.39 is 86.4 Å². The Labute approximate surface area is 296 Å². The second-order valence-electron chi connectivity index (χ2n) is 14.6. The van der Waals surface area contributed by atoms with Crippen LogP contribution < -0.4 is 20.1 Å². The number of alkyl halides is 1. The second kappa shape index (κ2) is 15.1. The predicted molar refractivity (Wildman–Crippen MR) is 182 cm³/mol. The summed E-state index contributed by atoms with van der Waals surface area (Å²) in [6.07, 6.45) is 2.34. The molecule has 17 heteroatoms. The zero-order valence-electron chi connectivity index (χ0n) is 29.3. The number of amides is 3. The number of aromatic nitrogens is 4. The van der Waals surface area contributed by atoms with Gasteiger partial charge in [-0.15, -0.1) is 16.8 Å². The molecule has 6 atom stereocenters. The van der Waals surface area contributed by atoms with Crippen LogP contribution >= 0.6 is 0 Å². The molecular formula is C34H46FN7O8S. The average molecular weight is 732 g/mol. The maximum Gasteiger partial charge on any atom is 0.407 e. The SMILES string of the molecule is C=CC[C@@H]1C[C@@]1(NC(=O)[C@@H]1C[C@@H](n2nnc(-c3ccc(OC)cc3)n2)CC1C(=O)C(NC(=O)OCCCF)C(C)(C)C)C(=O)NS(=O)(=O)C1CC1. The number of methoxy groups -OCH3 is 1. The number of Topliss-reactive ketones (excluding diaryl/α,β-unsaturated/α-hetero) is 1. The Morgan fingerprint density at radius 3 is 2.43 bits per heavy atom. The van der Waals surface area contributed by atoms with Crippen molar-refractivity contribution in [2.45, 2.75) is 88.6 Å². The molecule has 5 rings (SSSR count). The number of ether oxygens (including phenoxy) is 2. The lowest BCUT2D eigenvalue weighted by molar-refractivity contribution is -0.137. The molecule has 0 aliphatic heterocycles. The molecule has 3 aliphatic rings. The van der Waals surface area contributed by atoms with Gasteiger partial charge in [-0.3, -0.25) is 23.5 Å². The summed E-state index contributed by atoms with van der Waals surface area (Å²) in [4.78, 5) is 56.3. The van der Waals surface area contributed by atoms with Crippen LogP contribution in [0.5, 0.6) is 5.75 Å². The van der Waals surface area contributed by atoms with E-state index in [1.54, 1.807) is 58.2 Å². The fourth-order valence-electron chi connectivity index (χ4n) is 6.64. The molecule has 0 spiro atoms. The Morgan fingerprint density at radius 2 is 1.82 bits per heavy atom. The molecular weight excluding hydrogens is 685 g/mol. The number of halogens is 1. The summed E-state index contributed by atoms with van der Waals surface area (Å²) < 4.78 is 50.5. The maximum absolute atomic E-state index is 14.4. The Bertz CT molecular complexity index is 1740. The zero-order valence-corrected chi connectivity index (χ0v) is 30.1. The van der Waals surface area contributed by atoms with Crippen LogP contribution in [-0.4, -0.2) is 89.5 Å². The van der Waals surface area contributed by atoms with E-state index in [0.29, 0.717) is 36.4 Å². The summed E-state index contributed by atoms with van der Waals surface area (Å²) in [6.45, 7) is 8.14. The number of alkyl carbamates (subject to hydrolysis) is 1. The molecule has 15 nitrogen and oxygen atoms in total. The molecule has 278 valence electrons. The second-order valence-corrected chi connectivity index (χ2v) is 16.5. The van der Waals surface area contributed by atoms with Crippen molar-refractivity contribution in [2.24, 2.45) is 23.2 Å². The van der Waals surface area contributed by atoms with Gasteiger partial charge in [0, 0.05) is 23.8 Å². The van der Waals surface area contributed by atoms with Gasteiger partial charge in [0.2, 0.25) is 21.8 Å². The largest absolute Gasteiger partial charge is 0.497 e. The number of nitrogens with one attached hydrogen (secondary N) is 3. The molecule has 3 aliphatic carbocycles. The van der Waals surface area contributed by atoms with Crippen LogP contribution in [0.4, 0.5) is 9.18 Å². The first-order valence-corrected chi connectivity index (χ1v) is 18.6. The van der Waals surface area contributed by atoms with Crippen LogP contribution in [0, 0.1) is 23.2 Å². The van der Waals surface area contributed by atoms with Crippen molar-refractivity contribution in [1.82, 2.24) is 35.6 Å². The highest BCUT2D eigenvalue weighted by Gasteiger charge is 2.62. The summed E-state index contributed by atoms with van der Waals surface area (Å²) in [5.74, 6) is -3.31. The first kappa shape index (κ1) is 37.8. The normalized spacial score (nSPS) is 25.0. The third-order valence-corrected chi connectivity index (χ3v) is 11.6. The van der Waals surface area contributed by atoms with Crippen LogP contribution in [-0.2, 0) is 29.1 Å². The topological polar surface area (TPSA) is 201 Å². The van der Waals surface area contributed by atoms with Crippen molar-refractivity contribution < 1.29 is 41.5 Å². The molecule has 0 radical (unpaired) electrons. The smallest absolute Gasteiger partial charge is 0.407 e. The maximum atomic E-state index is 14.4. The third kappa shape index (κ3) is 8.56. The highest BCUT2D eigenvalue weighted by atomic mass is 32.2. The minimum absolute atomic E-state index is 0.00164. The Hall–Kier alpha value is -4.41. The summed E-state index contributed by atoms with van der Waals surface area (Å²) >= 11 is 0. The number of tetrazole rings is 1. The van der Waals surface area contributed by atoms with E-state index in [9.17, 15) is 32.0 Å². The van der Waals surface area contributed by atoms with Crippen molar-refractivity contribution in [1.29, 1.82) is 0 Å². The number of rotatable bonds is 16. The van der Waals surface area contributed by atoms with Gasteiger partial charge in [-0.05, 0) is 79.3 Å². The molecule has 3 N–H and O–H groups in total. The lowest BCUT2D eigenvalue weighted by Gasteiger charge is -2.33. The highest BCUT2D eigenvalue weighted by Crippen LogP contribution is 2.49. The van der Waals surface area contributed by atoms with Gasteiger partial charge >= 0.3 is 6.09 Å². The Morgan fingerprint density at radius 1 is 1.14 bits per heavy atom. The van der Waals surface area contributed by atoms with Crippen molar-refractivity contribution in [3.63, 3.8) is 0 Å². The van der Waals surface area contributed by atoms with E-state index in [2.05, 4.69) is 37.3 Å². The van der Waals surface area contributed by atoms with Crippen LogP contribution in [0.15, 0.2) is 36.9 Å². The van der Waals surface area contributed by atoms with Gasteiger partial charge in [0.25, 0.3) is 5.91 Å². The minimum Gasteiger partial charge on any atom is -0.497 e. The number of allylic oxidation sites excluding steroid dienone is 1. The quantitative estimate of drug-likeness (QED) is 0.169. The van der Waals surface area contributed by atoms with Gasteiger partial charge in [0.15, 0.2) is 5.78 Å². The summed E-state index contributed by atoms with van der Waals surface area (Å²) in [5, 5.41) is 17.8. The number of benzene rings is 1. The number of nitrogens with zero attached hydrogens (tertiary/aromatic N) is 4. The van der Waals surface area contributed by atoms with Crippen LogP contribution in [0.3, 0.4) is 0 Å². The first-order chi connectivity index (χ1) is 24.1. The molecule has 3 saturated carbocycles. The highest BCUT2D eigenvalue weighted by molar-refractivity contribution is 7.91. The zero-order chi connectivity index (χ0) is 37.1. The van der Waals surface area contributed by atoms with Crippen molar-refractivity contribution in [2.75, 3.05) is 20.4 Å². The predicted octanol–water partition coefficient (Wildman–Crippen LogP) is 3.05.